The summed E-state index contributed by atoms with van der Waals surface area (Å²) in [5.41, 5.74) is 17.4. The third kappa shape index (κ3) is 12.4. The summed E-state index contributed by atoms with van der Waals surface area (Å²) in [6, 6.07) is 16.8. The lowest BCUT2D eigenvalue weighted by Crippen LogP contribution is -2.60. The lowest BCUT2D eigenvalue weighted by Gasteiger charge is -2.27. The number of amides is 7. The number of nitrogens with two attached hydrogens (primary N) is 3. The number of aromatic amines is 1. The second-order valence-corrected chi connectivity index (χ2v) is 13.6. The number of urea groups is 1. The van der Waals surface area contributed by atoms with Gasteiger partial charge in [-0.1, -0.05) is 72.8 Å². The van der Waals surface area contributed by atoms with E-state index in [1.54, 1.807) is 30.3 Å². The highest BCUT2D eigenvalue weighted by Crippen LogP contribution is 2.17. The Kier molecular flexibility index (Phi) is 14.2. The summed E-state index contributed by atoms with van der Waals surface area (Å²) >= 11 is 0. The number of rotatable bonds is 19. The highest BCUT2D eigenvalue weighted by atomic mass is 16.2. The van der Waals surface area contributed by atoms with Gasteiger partial charge in [0.15, 0.2) is 0 Å². The molecule has 1 unspecified atom stereocenters. The third-order valence-electron chi connectivity index (χ3n) is 8.62. The van der Waals surface area contributed by atoms with Crippen LogP contribution in [-0.2, 0) is 43.2 Å². The topological polar surface area (TPSA) is 269 Å². The molecule has 4 aromatic rings. The zero-order valence-corrected chi connectivity index (χ0v) is 30.3. The van der Waals surface area contributed by atoms with E-state index in [1.807, 2.05) is 42.5 Å². The van der Waals surface area contributed by atoms with Gasteiger partial charge in [0.1, 0.15) is 24.2 Å². The first-order valence-corrected chi connectivity index (χ1v) is 17.5. The van der Waals surface area contributed by atoms with Crippen LogP contribution < -0.4 is 43.8 Å². The predicted octanol–water partition coefficient (Wildman–Crippen LogP) is 0.201. The molecule has 0 saturated carbocycles. The molecule has 286 valence electrons. The third-order valence-corrected chi connectivity index (χ3v) is 8.62. The Balaban J connectivity index is 1.63. The Morgan fingerprint density at radius 3 is 1.85 bits per heavy atom. The zero-order valence-electron chi connectivity index (χ0n) is 30.3. The van der Waals surface area contributed by atoms with Crippen LogP contribution >= 0.6 is 0 Å². The van der Waals surface area contributed by atoms with Gasteiger partial charge in [-0.3, -0.25) is 24.0 Å². The van der Waals surface area contributed by atoms with Crippen LogP contribution in [0.15, 0.2) is 85.3 Å². The number of aromatic nitrogens is 2. The molecule has 4 rings (SSSR count). The summed E-state index contributed by atoms with van der Waals surface area (Å²) in [5, 5.41) is 15.2. The van der Waals surface area contributed by atoms with E-state index in [1.165, 1.54) is 26.4 Å². The number of nitrogens with zero attached hydrogens (tertiary/aromatic N) is 1. The molecule has 1 aromatic heterocycles. The van der Waals surface area contributed by atoms with Crippen LogP contribution in [0.25, 0.3) is 10.8 Å². The van der Waals surface area contributed by atoms with Crippen molar-refractivity contribution in [2.45, 2.75) is 75.7 Å². The van der Waals surface area contributed by atoms with Crippen LogP contribution in [0, 0.1) is 0 Å². The summed E-state index contributed by atoms with van der Waals surface area (Å²) in [7, 11) is 0. The Morgan fingerprint density at radius 1 is 0.704 bits per heavy atom. The first-order chi connectivity index (χ1) is 25.7. The molecule has 0 aliphatic rings. The van der Waals surface area contributed by atoms with Crippen molar-refractivity contribution in [3.05, 3.63) is 102 Å². The van der Waals surface area contributed by atoms with Crippen molar-refractivity contribution in [1.29, 1.82) is 0 Å². The summed E-state index contributed by atoms with van der Waals surface area (Å²) in [4.78, 5) is 85.4. The smallest absolute Gasteiger partial charge is 0.312 e. The minimum atomic E-state index is -1.31. The Labute approximate surface area is 312 Å². The van der Waals surface area contributed by atoms with Crippen molar-refractivity contribution < 1.29 is 28.8 Å². The molecule has 16 heteroatoms. The van der Waals surface area contributed by atoms with Crippen molar-refractivity contribution in [1.82, 2.24) is 36.6 Å². The van der Waals surface area contributed by atoms with Crippen molar-refractivity contribution in [3.63, 3.8) is 0 Å². The lowest BCUT2D eigenvalue weighted by atomic mass is 9.99. The maximum absolute atomic E-state index is 14.3. The number of carbonyl (C=O) groups excluding carboxylic acids is 6. The van der Waals surface area contributed by atoms with Crippen molar-refractivity contribution in [3.8, 4) is 0 Å². The largest absolute Gasteiger partial charge is 0.368 e. The van der Waals surface area contributed by atoms with E-state index < -0.39 is 65.3 Å². The lowest BCUT2D eigenvalue weighted by molar-refractivity contribution is -0.134. The fraction of sp³-hybridized carbons (Fsp3) is 0.342. The second-order valence-electron chi connectivity index (χ2n) is 13.6. The number of nitrogens with one attached hydrogen (secondary N) is 6. The van der Waals surface area contributed by atoms with Gasteiger partial charge in [-0.05, 0) is 48.6 Å². The summed E-state index contributed by atoms with van der Waals surface area (Å²) in [5.74, 6) is -3.46. The highest BCUT2D eigenvalue weighted by molar-refractivity contribution is 5.96. The highest BCUT2D eigenvalue weighted by Gasteiger charge is 2.33. The number of hydrogen-bond donors (Lipinski definition) is 9. The van der Waals surface area contributed by atoms with Crippen LogP contribution in [-0.4, -0.2) is 81.8 Å². The second kappa shape index (κ2) is 19.0. The molecular weight excluding hydrogens is 692 g/mol. The average molecular weight is 741 g/mol. The van der Waals surface area contributed by atoms with Crippen molar-refractivity contribution in [2.24, 2.45) is 17.2 Å². The number of fused-ring (bicyclic) bond motifs is 1. The maximum Gasteiger partial charge on any atom is 0.312 e. The van der Waals surface area contributed by atoms with Gasteiger partial charge in [-0.15, -0.1) is 0 Å². The minimum Gasteiger partial charge on any atom is -0.368 e. The molecule has 0 radical (unpaired) electrons. The number of hydrogen-bond acceptors (Lipinski definition) is 8. The van der Waals surface area contributed by atoms with E-state index in [9.17, 15) is 28.8 Å². The molecular formula is C38H48N10O6. The molecule has 0 fully saturated rings. The van der Waals surface area contributed by atoms with Gasteiger partial charge >= 0.3 is 6.03 Å². The average Bonchev–Trinajstić information content (AvgIpc) is 3.65. The maximum atomic E-state index is 14.3. The van der Waals surface area contributed by atoms with E-state index in [-0.39, 0.29) is 38.6 Å². The molecule has 12 N–H and O–H groups in total. The molecule has 7 amide bonds. The number of benzene rings is 3. The Morgan fingerprint density at radius 2 is 1.28 bits per heavy atom. The first kappa shape index (κ1) is 40.5. The molecule has 54 heavy (non-hydrogen) atoms. The van der Waals surface area contributed by atoms with Crippen LogP contribution in [0.2, 0.25) is 0 Å². The van der Waals surface area contributed by atoms with E-state index in [0.29, 0.717) is 16.8 Å². The SMILES string of the molecule is CC(C)(N)C(=O)N[C@@H](Cc1cnc[nH]1)C(=O)N[C@H](Cc1ccc2ccccc2c1)C(=O)NC(Cc1ccccc1)C(=O)N[C@@H](CCCNC(N)=O)C(N)=O. The summed E-state index contributed by atoms with van der Waals surface area (Å²) in [6.07, 6.45) is 3.40. The van der Waals surface area contributed by atoms with Crippen LogP contribution in [0.1, 0.15) is 43.5 Å². The number of H-pyrrole nitrogens is 1. The monoisotopic (exact) mass is 740 g/mol. The molecule has 0 saturated heterocycles. The molecule has 1 heterocycles. The van der Waals surface area contributed by atoms with E-state index in [2.05, 4.69) is 36.6 Å². The van der Waals surface area contributed by atoms with Gasteiger partial charge in [0.2, 0.25) is 29.5 Å². The number of carbonyl (C=O) groups is 6. The zero-order chi connectivity index (χ0) is 39.3. The number of imidazole rings is 1. The normalized spacial score (nSPS) is 13.5. The van der Waals surface area contributed by atoms with E-state index in [4.69, 9.17) is 17.2 Å². The summed E-state index contributed by atoms with van der Waals surface area (Å²) < 4.78 is 0. The fourth-order valence-electron chi connectivity index (χ4n) is 5.66. The van der Waals surface area contributed by atoms with Crippen LogP contribution in [0.5, 0.6) is 0 Å². The molecule has 0 spiro atoms. The molecule has 0 aliphatic carbocycles. The van der Waals surface area contributed by atoms with Crippen molar-refractivity contribution in [2.75, 3.05) is 6.54 Å². The van der Waals surface area contributed by atoms with Crippen LogP contribution in [0.3, 0.4) is 0 Å². The van der Waals surface area contributed by atoms with Gasteiger partial charge in [-0.25, -0.2) is 9.78 Å². The molecule has 4 atom stereocenters. The molecule has 16 nitrogen and oxygen atoms in total. The molecule has 0 aliphatic heterocycles. The number of primary amides is 2. The minimum absolute atomic E-state index is 0.0144. The standard InChI is InChI=1S/C38H48N10O6/c1-38(2,41)36(53)48-31(20-27-21-42-22-44-27)35(52)47-30(19-24-14-15-25-11-6-7-12-26(25)17-24)34(51)46-29(18-23-9-4-3-5-10-23)33(50)45-28(32(39)49)13-8-16-43-37(40)54/h3-7,9-12,14-15,17,21-22,28-31H,8,13,16,18-20,41H2,1-2H3,(H2,39,49)(H,42,44)(H,45,50)(H,46,51)(H,47,52)(H,48,53)(H3,40,43,54)/t28-,29?,30+,31-/m0/s1. The van der Waals surface area contributed by atoms with Gasteiger partial charge in [0.25, 0.3) is 0 Å². The Hall–Kier alpha value is -6.29. The van der Waals surface area contributed by atoms with Crippen molar-refractivity contribution >= 4 is 46.3 Å². The first-order valence-electron chi connectivity index (χ1n) is 17.5. The molecule has 0 bridgehead atoms. The van der Waals surface area contributed by atoms with Gasteiger partial charge < -0.3 is 48.8 Å². The Bertz CT molecular complexity index is 1910. The van der Waals surface area contributed by atoms with E-state index in [0.717, 1.165) is 10.8 Å². The van der Waals surface area contributed by atoms with E-state index >= 15 is 0 Å². The predicted molar refractivity (Wildman–Crippen MR) is 202 cm³/mol. The quantitative estimate of drug-likeness (QED) is 0.0598. The van der Waals surface area contributed by atoms with Gasteiger partial charge in [-0.2, -0.15) is 0 Å². The van der Waals surface area contributed by atoms with Gasteiger partial charge in [0, 0.05) is 37.7 Å². The van der Waals surface area contributed by atoms with Gasteiger partial charge in [0.05, 0.1) is 11.9 Å². The molecule has 3 aromatic carbocycles. The van der Waals surface area contributed by atoms with Crippen LogP contribution in [0.4, 0.5) is 4.79 Å². The fourth-order valence-corrected chi connectivity index (χ4v) is 5.66. The summed E-state index contributed by atoms with van der Waals surface area (Å²) in [6.45, 7) is 3.16.